The molecule has 0 bridgehead atoms. The van der Waals surface area contributed by atoms with Crippen LogP contribution in [0.5, 0.6) is 0 Å². The molecule has 0 unspecified atom stereocenters. The molecule has 0 radical (unpaired) electrons. The molecule has 168 valence electrons. The van der Waals surface area contributed by atoms with E-state index in [2.05, 4.69) is 0 Å². The van der Waals surface area contributed by atoms with Gasteiger partial charge in [-0.3, -0.25) is 0 Å². The summed E-state index contributed by atoms with van der Waals surface area (Å²) >= 11 is 0. The van der Waals surface area contributed by atoms with Gasteiger partial charge in [-0.05, 0) is 84.6 Å². The second-order valence-corrected chi connectivity index (χ2v) is 10.6. The molecule has 6 nitrogen and oxygen atoms in total. The van der Waals surface area contributed by atoms with Gasteiger partial charge >= 0.3 is 37.7 Å². The Kier molecular flexibility index (Phi) is 8.73. The molecule has 0 saturated heterocycles. The van der Waals surface area contributed by atoms with Gasteiger partial charge in [0.25, 0.3) is 0 Å². The van der Waals surface area contributed by atoms with Crippen LogP contribution in [-0.2, 0) is 20.2 Å². The average Bonchev–Trinajstić information content (AvgIpc) is 2.68. The first-order valence-corrected chi connectivity index (χ1v) is 12.5. The van der Waals surface area contributed by atoms with Gasteiger partial charge in [-0.25, -0.2) is 16.8 Å². The van der Waals surface area contributed by atoms with E-state index in [0.717, 1.165) is 43.8 Å². The van der Waals surface area contributed by atoms with Gasteiger partial charge in [0.2, 0.25) is 0 Å². The molecule has 0 aliphatic carbocycles. The molecule has 0 saturated carbocycles. The first-order valence-electron chi connectivity index (χ1n) is 9.69. The van der Waals surface area contributed by atoms with Gasteiger partial charge in [0.1, 0.15) is 20.2 Å². The van der Waals surface area contributed by atoms with E-state index in [0.29, 0.717) is 0 Å². The van der Waals surface area contributed by atoms with Crippen molar-refractivity contribution in [3.63, 3.8) is 0 Å². The van der Waals surface area contributed by atoms with Crippen LogP contribution >= 0.6 is 0 Å². The maximum atomic E-state index is 10.9. The van der Waals surface area contributed by atoms with Crippen LogP contribution in [0.4, 0.5) is 0 Å². The molecule has 0 N–H and O–H groups in total. The number of hydrogen-bond acceptors (Lipinski definition) is 6. The third kappa shape index (κ3) is 6.76. The predicted molar refractivity (Wildman–Crippen MR) is 129 cm³/mol. The molecule has 0 heterocycles. The Bertz CT molecular complexity index is 1440. The minimum Gasteiger partial charge on any atom is -0.744 e. The Hall–Kier alpha value is -1.52. The molecule has 0 spiro atoms. The molecule has 0 aliphatic heterocycles. The van der Waals surface area contributed by atoms with Gasteiger partial charge in [-0.15, -0.1) is 0 Å². The quantitative estimate of drug-likeness (QED) is 0.293. The van der Waals surface area contributed by atoms with Crippen molar-refractivity contribution in [3.8, 4) is 0 Å². The molecule has 0 amide bonds. The summed E-state index contributed by atoms with van der Waals surface area (Å²) in [6.07, 6.45) is 0. The van der Waals surface area contributed by atoms with E-state index >= 15 is 0 Å². The topological polar surface area (TPSA) is 114 Å². The van der Waals surface area contributed by atoms with Crippen LogP contribution in [0.2, 0.25) is 0 Å². The van der Waals surface area contributed by atoms with E-state index in [4.69, 9.17) is 0 Å². The summed E-state index contributed by atoms with van der Waals surface area (Å²) in [5.41, 5.74) is 3.81. The van der Waals surface area contributed by atoms with Crippen molar-refractivity contribution in [2.24, 2.45) is 0 Å². The van der Waals surface area contributed by atoms with Crippen LogP contribution in [0.1, 0.15) is 22.3 Å². The second-order valence-electron chi connectivity index (χ2n) is 7.84. The van der Waals surface area contributed by atoms with Gasteiger partial charge in [0.15, 0.2) is 0 Å². The van der Waals surface area contributed by atoms with Crippen LogP contribution in [0.25, 0.3) is 21.5 Å². The number of rotatable bonds is 2. The van der Waals surface area contributed by atoms with E-state index in [1.807, 2.05) is 50.2 Å². The molecule has 9 heteroatoms. The number of fused-ring (bicyclic) bond motifs is 2. The van der Waals surface area contributed by atoms with Gasteiger partial charge in [-0.2, -0.15) is 0 Å². The molecule has 0 aliphatic rings. The third-order valence-electron chi connectivity index (χ3n) is 5.16. The average molecular weight is 511 g/mol. The fourth-order valence-electron chi connectivity index (χ4n) is 3.54. The van der Waals surface area contributed by atoms with Crippen molar-refractivity contribution in [1.29, 1.82) is 0 Å². The smallest absolute Gasteiger partial charge is 0.744 e. The van der Waals surface area contributed by atoms with Gasteiger partial charge < -0.3 is 9.11 Å². The van der Waals surface area contributed by atoms with Crippen LogP contribution in [0, 0.1) is 27.7 Å². The monoisotopic (exact) mass is 510 g/mol. The van der Waals surface area contributed by atoms with Gasteiger partial charge in [-0.1, -0.05) is 47.5 Å². The second kappa shape index (κ2) is 10.4. The Labute approximate surface area is 224 Å². The molecule has 4 rings (SSSR count). The molecule has 4 aromatic carbocycles. The Morgan fingerprint density at radius 1 is 0.545 bits per heavy atom. The van der Waals surface area contributed by atoms with Crippen LogP contribution in [0.15, 0.2) is 70.5 Å². The number of hydrogen-bond donors (Lipinski definition) is 0. The number of aryl methyl sites for hydroxylation is 4. The fourth-order valence-corrected chi connectivity index (χ4v) is 4.72. The van der Waals surface area contributed by atoms with Crippen molar-refractivity contribution >= 4 is 79.5 Å². The van der Waals surface area contributed by atoms with Crippen LogP contribution < -0.4 is 0 Å². The summed E-state index contributed by atoms with van der Waals surface area (Å²) in [6.45, 7) is 7.54. The summed E-state index contributed by atoms with van der Waals surface area (Å²) < 4.78 is 65.6. The Morgan fingerprint density at radius 2 is 0.879 bits per heavy atom. The van der Waals surface area contributed by atoms with Crippen molar-refractivity contribution in [1.82, 2.24) is 0 Å². The first-order chi connectivity index (χ1) is 14.8. The summed E-state index contributed by atoms with van der Waals surface area (Å²) in [6, 6.07) is 17.1. The van der Waals surface area contributed by atoms with Gasteiger partial charge in [0.05, 0.1) is 9.79 Å². The minimum absolute atomic E-state index is 0. The van der Waals surface area contributed by atoms with E-state index < -0.39 is 20.2 Å². The molecule has 0 aromatic heterocycles. The summed E-state index contributed by atoms with van der Waals surface area (Å²) in [4.78, 5) is -0.331. The molecule has 0 atom stereocenters. The van der Waals surface area contributed by atoms with Crippen molar-refractivity contribution in [3.05, 3.63) is 82.9 Å². The van der Waals surface area contributed by atoms with E-state index in [-0.39, 0.29) is 47.5 Å². The normalized spacial score (nSPS) is 11.6. The van der Waals surface area contributed by atoms with Crippen LogP contribution in [-0.4, -0.2) is 63.7 Å². The zero-order valence-corrected chi connectivity index (χ0v) is 22.6. The van der Waals surface area contributed by atoms with Crippen molar-refractivity contribution in [2.45, 2.75) is 37.5 Å². The third-order valence-corrected chi connectivity index (χ3v) is 6.78. The first kappa shape index (κ1) is 27.7. The molecular weight excluding hydrogens is 488 g/mol. The fraction of sp³-hybridized carbons (Fsp3) is 0.167. The summed E-state index contributed by atoms with van der Waals surface area (Å²) in [7, 11) is -8.75. The minimum atomic E-state index is -4.38. The van der Waals surface area contributed by atoms with Gasteiger partial charge in [0, 0.05) is 0 Å². The molecule has 4 aromatic rings. The molecule has 0 fully saturated rings. The molecule has 33 heavy (non-hydrogen) atoms. The summed E-state index contributed by atoms with van der Waals surface area (Å²) in [5.74, 6) is 0. The van der Waals surface area contributed by atoms with Crippen LogP contribution in [0.3, 0.4) is 0 Å². The van der Waals surface area contributed by atoms with Crippen molar-refractivity contribution in [2.75, 3.05) is 0 Å². The van der Waals surface area contributed by atoms with E-state index in [9.17, 15) is 25.9 Å². The predicted octanol–water partition coefficient (Wildman–Crippen LogP) is 4.34. The Morgan fingerprint density at radius 3 is 1.18 bits per heavy atom. The maximum Gasteiger partial charge on any atom is 2.00 e. The standard InChI is InChI=1S/2C12H12O3S.Ca/c2*1-8-3-4-10-7-11(16(13,14)15)6-9(2)12(10)5-8;/h2*3-7H,1-2H3,(H,13,14,15);/q;;+2/p-2. The Balaban J connectivity index is 0.000000227. The van der Waals surface area contributed by atoms with Crippen molar-refractivity contribution < 1.29 is 25.9 Å². The van der Waals surface area contributed by atoms with E-state index in [1.165, 1.54) is 24.3 Å². The largest absolute Gasteiger partial charge is 2.00 e. The SMILES string of the molecule is Cc1ccc2cc(S(=O)(=O)[O-])cc(C)c2c1.Cc1ccc2cc(S(=O)(=O)[O-])cc(C)c2c1.[Ca+2]. The zero-order valence-electron chi connectivity index (χ0n) is 18.7. The zero-order chi connectivity index (χ0) is 23.8. The molecular formula is C24H22CaO6S2. The number of benzene rings is 4. The summed E-state index contributed by atoms with van der Waals surface area (Å²) in [5, 5.41) is 3.51. The van der Waals surface area contributed by atoms with E-state index in [1.54, 1.807) is 13.8 Å². The maximum absolute atomic E-state index is 10.9.